The van der Waals surface area contributed by atoms with Crippen molar-refractivity contribution < 1.29 is 4.79 Å². The number of rotatable bonds is 3. The zero-order valence-electron chi connectivity index (χ0n) is 12.2. The van der Waals surface area contributed by atoms with Gasteiger partial charge in [0.25, 0.3) is 0 Å². The fourth-order valence-corrected chi connectivity index (χ4v) is 3.84. The number of amides is 1. The zero-order valence-corrected chi connectivity index (χ0v) is 12.2. The number of hydrogen-bond acceptors (Lipinski definition) is 2. The van der Waals surface area contributed by atoms with Gasteiger partial charge in [-0.1, -0.05) is 25.7 Å². The van der Waals surface area contributed by atoms with E-state index in [1.807, 2.05) is 7.05 Å². The molecular weight excluding hydrogens is 224 g/mol. The van der Waals surface area contributed by atoms with E-state index in [4.69, 9.17) is 0 Å². The summed E-state index contributed by atoms with van der Waals surface area (Å²) in [6, 6.07) is 0.497. The molecule has 0 radical (unpaired) electrons. The van der Waals surface area contributed by atoms with Crippen molar-refractivity contribution in [3.63, 3.8) is 0 Å². The molecule has 18 heavy (non-hydrogen) atoms. The molecule has 3 nitrogen and oxygen atoms in total. The predicted molar refractivity (Wildman–Crippen MR) is 74.4 cm³/mol. The summed E-state index contributed by atoms with van der Waals surface area (Å²) < 4.78 is 0. The smallest absolute Gasteiger partial charge is 0.223 e. The molecule has 0 spiro atoms. The van der Waals surface area contributed by atoms with Crippen LogP contribution in [0.2, 0.25) is 0 Å². The normalized spacial score (nSPS) is 29.6. The zero-order chi connectivity index (χ0) is 13.2. The second kappa shape index (κ2) is 5.60. The van der Waals surface area contributed by atoms with Gasteiger partial charge in [-0.2, -0.15) is 0 Å². The van der Waals surface area contributed by atoms with E-state index in [1.165, 1.54) is 38.5 Å². The van der Waals surface area contributed by atoms with E-state index in [0.29, 0.717) is 17.9 Å². The van der Waals surface area contributed by atoms with E-state index < -0.39 is 0 Å². The van der Waals surface area contributed by atoms with Crippen molar-refractivity contribution in [2.75, 3.05) is 13.6 Å². The molecular formula is C15H28N2O. The van der Waals surface area contributed by atoms with Crippen LogP contribution in [0.1, 0.15) is 58.8 Å². The highest BCUT2D eigenvalue weighted by Gasteiger charge is 2.48. The number of carbonyl (C=O) groups is 1. The van der Waals surface area contributed by atoms with Crippen LogP contribution in [0, 0.1) is 5.92 Å². The molecule has 1 N–H and O–H groups in total. The van der Waals surface area contributed by atoms with Crippen LogP contribution in [0.3, 0.4) is 0 Å². The number of nitrogens with one attached hydrogen (secondary N) is 1. The lowest BCUT2D eigenvalue weighted by Gasteiger charge is -2.41. The van der Waals surface area contributed by atoms with Gasteiger partial charge in [-0.15, -0.1) is 0 Å². The van der Waals surface area contributed by atoms with Crippen LogP contribution in [-0.4, -0.2) is 36.0 Å². The molecule has 1 atom stereocenters. The van der Waals surface area contributed by atoms with Crippen LogP contribution < -0.4 is 5.32 Å². The lowest BCUT2D eigenvalue weighted by molar-refractivity contribution is -0.133. The van der Waals surface area contributed by atoms with Gasteiger partial charge < -0.3 is 10.2 Å². The number of carbonyl (C=O) groups excluding carboxylic acids is 1. The van der Waals surface area contributed by atoms with Crippen molar-refractivity contribution in [3.8, 4) is 0 Å². The van der Waals surface area contributed by atoms with Crippen molar-refractivity contribution in [1.82, 2.24) is 10.2 Å². The Hall–Kier alpha value is -0.570. The minimum Gasteiger partial charge on any atom is -0.334 e. The molecule has 0 bridgehead atoms. The van der Waals surface area contributed by atoms with Gasteiger partial charge in [0.2, 0.25) is 5.91 Å². The Bertz CT molecular complexity index is 293. The van der Waals surface area contributed by atoms with Gasteiger partial charge in [0.05, 0.1) is 0 Å². The fraction of sp³-hybridized carbons (Fsp3) is 0.933. The third-order valence-corrected chi connectivity index (χ3v) is 4.95. The SMILES string of the molecule is CNCC1CC(=O)N(C2CCCCCC2)C1(C)C. The van der Waals surface area contributed by atoms with Crippen LogP contribution in [0.4, 0.5) is 0 Å². The first kappa shape index (κ1) is 13.9. The van der Waals surface area contributed by atoms with Gasteiger partial charge in [-0.05, 0) is 33.7 Å². The maximum Gasteiger partial charge on any atom is 0.223 e. The van der Waals surface area contributed by atoms with E-state index in [1.54, 1.807) is 0 Å². The van der Waals surface area contributed by atoms with Gasteiger partial charge in [0.15, 0.2) is 0 Å². The van der Waals surface area contributed by atoms with E-state index >= 15 is 0 Å². The fourth-order valence-electron chi connectivity index (χ4n) is 3.84. The highest BCUT2D eigenvalue weighted by molar-refractivity contribution is 5.80. The van der Waals surface area contributed by atoms with E-state index in [9.17, 15) is 4.79 Å². The third kappa shape index (κ3) is 2.56. The minimum absolute atomic E-state index is 0.0229. The monoisotopic (exact) mass is 252 g/mol. The van der Waals surface area contributed by atoms with E-state index in [2.05, 4.69) is 24.1 Å². The van der Waals surface area contributed by atoms with Gasteiger partial charge in [-0.25, -0.2) is 0 Å². The Morgan fingerprint density at radius 2 is 1.83 bits per heavy atom. The highest BCUT2D eigenvalue weighted by atomic mass is 16.2. The maximum atomic E-state index is 12.4. The molecule has 2 rings (SSSR count). The van der Waals surface area contributed by atoms with Crippen molar-refractivity contribution >= 4 is 5.91 Å². The molecule has 1 amide bonds. The van der Waals surface area contributed by atoms with Crippen LogP contribution in [0.15, 0.2) is 0 Å². The van der Waals surface area contributed by atoms with Crippen molar-refractivity contribution in [1.29, 1.82) is 0 Å². The lowest BCUT2D eigenvalue weighted by atomic mass is 9.87. The number of hydrogen-bond donors (Lipinski definition) is 1. The van der Waals surface area contributed by atoms with Crippen LogP contribution in [-0.2, 0) is 4.79 Å². The van der Waals surface area contributed by atoms with Crippen LogP contribution in [0.25, 0.3) is 0 Å². The second-order valence-corrected chi connectivity index (χ2v) is 6.52. The Morgan fingerprint density at radius 1 is 1.22 bits per heavy atom. The average Bonchev–Trinajstić information content (AvgIpc) is 2.51. The molecule has 2 fully saturated rings. The molecule has 1 aliphatic carbocycles. The summed E-state index contributed by atoms with van der Waals surface area (Å²) in [4.78, 5) is 14.6. The first-order valence-electron chi connectivity index (χ1n) is 7.54. The third-order valence-electron chi connectivity index (χ3n) is 4.95. The van der Waals surface area contributed by atoms with Crippen LogP contribution >= 0.6 is 0 Å². The molecule has 104 valence electrons. The van der Waals surface area contributed by atoms with E-state index in [-0.39, 0.29) is 5.54 Å². The highest BCUT2D eigenvalue weighted by Crippen LogP contribution is 2.39. The van der Waals surface area contributed by atoms with Crippen molar-refractivity contribution in [3.05, 3.63) is 0 Å². The standard InChI is InChI=1S/C15H28N2O/c1-15(2)12(11-16-3)10-14(18)17(15)13-8-6-4-5-7-9-13/h12-13,16H,4-11H2,1-3H3. The molecule has 0 aromatic heterocycles. The molecule has 1 heterocycles. The van der Waals surface area contributed by atoms with Gasteiger partial charge in [0, 0.05) is 30.5 Å². The van der Waals surface area contributed by atoms with E-state index in [0.717, 1.165) is 13.0 Å². The molecule has 1 aliphatic heterocycles. The average molecular weight is 252 g/mol. The molecule has 3 heteroatoms. The first-order valence-corrected chi connectivity index (χ1v) is 7.54. The van der Waals surface area contributed by atoms with Gasteiger partial charge in [-0.3, -0.25) is 4.79 Å². The van der Waals surface area contributed by atoms with Crippen LogP contribution in [0.5, 0.6) is 0 Å². The summed E-state index contributed by atoms with van der Waals surface area (Å²) in [7, 11) is 1.98. The Labute approximate surface area is 111 Å². The summed E-state index contributed by atoms with van der Waals surface area (Å²) in [5.41, 5.74) is 0.0229. The topological polar surface area (TPSA) is 32.3 Å². The van der Waals surface area contributed by atoms with Crippen molar-refractivity contribution in [2.45, 2.75) is 70.4 Å². The van der Waals surface area contributed by atoms with Gasteiger partial charge >= 0.3 is 0 Å². The Balaban J connectivity index is 2.12. The molecule has 1 saturated heterocycles. The molecule has 0 aromatic rings. The summed E-state index contributed by atoms with van der Waals surface area (Å²) in [6.07, 6.45) is 8.42. The Kier molecular flexibility index (Phi) is 4.31. The number of nitrogens with zero attached hydrogens (tertiary/aromatic N) is 1. The van der Waals surface area contributed by atoms with Crippen molar-refractivity contribution in [2.24, 2.45) is 5.92 Å². The quantitative estimate of drug-likeness (QED) is 0.783. The summed E-state index contributed by atoms with van der Waals surface area (Å²) in [5.74, 6) is 0.838. The first-order chi connectivity index (χ1) is 8.57. The summed E-state index contributed by atoms with van der Waals surface area (Å²) >= 11 is 0. The molecule has 1 saturated carbocycles. The molecule has 2 aliphatic rings. The second-order valence-electron chi connectivity index (χ2n) is 6.52. The molecule has 0 aromatic carbocycles. The largest absolute Gasteiger partial charge is 0.334 e. The number of likely N-dealkylation sites (tertiary alicyclic amines) is 1. The Morgan fingerprint density at radius 3 is 2.39 bits per heavy atom. The summed E-state index contributed by atoms with van der Waals surface area (Å²) in [5, 5.41) is 3.24. The maximum absolute atomic E-state index is 12.4. The minimum atomic E-state index is 0.0229. The summed E-state index contributed by atoms with van der Waals surface area (Å²) in [6.45, 7) is 5.46. The molecule has 1 unspecified atom stereocenters. The van der Waals surface area contributed by atoms with Gasteiger partial charge in [0.1, 0.15) is 0 Å². The predicted octanol–water partition coefficient (Wildman–Crippen LogP) is 2.56. The lowest BCUT2D eigenvalue weighted by Crippen LogP contribution is -2.51.